The van der Waals surface area contributed by atoms with Crippen LogP contribution in [0.1, 0.15) is 24.5 Å². The molecule has 0 radical (unpaired) electrons. The maximum Gasteiger partial charge on any atom is 0.219 e. The summed E-state index contributed by atoms with van der Waals surface area (Å²) in [5.41, 5.74) is 7.82. The molecule has 0 spiro atoms. The standard InChI is InChI=1S/C19H22FN7O.ClH/c1-11-5-14(9-23-8-11)24-18-13(7-21)6-15(20)19(26-18)25-17-3-4-27(12(2)28)10-16(17)22;/h5-6,8-9,16-17H,3-4,10,22H2,1-2H3,(H2,24,25,26);1H. The number of aromatic nitrogens is 2. The molecule has 2 atom stereocenters. The number of anilines is 3. The van der Waals surface area contributed by atoms with Crippen LogP contribution >= 0.6 is 12.4 Å². The second-order valence-corrected chi connectivity index (χ2v) is 6.87. The van der Waals surface area contributed by atoms with E-state index in [1.54, 1.807) is 17.3 Å². The van der Waals surface area contributed by atoms with Crippen LogP contribution in [0.15, 0.2) is 24.5 Å². The summed E-state index contributed by atoms with van der Waals surface area (Å²) in [7, 11) is 0. The highest BCUT2D eigenvalue weighted by Gasteiger charge is 2.29. The van der Waals surface area contributed by atoms with Gasteiger partial charge in [0, 0.05) is 38.3 Å². The van der Waals surface area contributed by atoms with Gasteiger partial charge in [-0.1, -0.05) is 0 Å². The minimum absolute atomic E-state index is 0. The second-order valence-electron chi connectivity index (χ2n) is 6.87. The van der Waals surface area contributed by atoms with Crippen molar-refractivity contribution in [1.29, 1.82) is 5.26 Å². The van der Waals surface area contributed by atoms with E-state index in [0.717, 1.165) is 11.6 Å². The molecular weight excluding hydrogens is 397 g/mol. The summed E-state index contributed by atoms with van der Waals surface area (Å²) in [6, 6.07) is 4.34. The molecule has 0 saturated carbocycles. The number of nitrogens with one attached hydrogen (secondary N) is 2. The summed E-state index contributed by atoms with van der Waals surface area (Å²) in [6.45, 7) is 4.33. The van der Waals surface area contributed by atoms with E-state index in [2.05, 4.69) is 20.6 Å². The quantitative estimate of drug-likeness (QED) is 0.695. The van der Waals surface area contributed by atoms with Gasteiger partial charge in [0.25, 0.3) is 0 Å². The SMILES string of the molecule is CC(=O)N1CCC(Nc2nc(Nc3cncc(C)c3)c(C#N)cc2F)C(N)C1.Cl. The molecule has 8 nitrogen and oxygen atoms in total. The summed E-state index contributed by atoms with van der Waals surface area (Å²) in [5.74, 6) is -0.423. The van der Waals surface area contributed by atoms with Crippen molar-refractivity contribution in [3.8, 4) is 6.07 Å². The van der Waals surface area contributed by atoms with Crippen molar-refractivity contribution in [1.82, 2.24) is 14.9 Å². The van der Waals surface area contributed by atoms with Gasteiger partial charge in [0.2, 0.25) is 5.91 Å². The molecule has 1 amide bonds. The van der Waals surface area contributed by atoms with Gasteiger partial charge in [0.05, 0.1) is 17.4 Å². The number of pyridine rings is 2. The van der Waals surface area contributed by atoms with Crippen LogP contribution in [-0.4, -0.2) is 45.9 Å². The number of halogens is 2. The van der Waals surface area contributed by atoms with Gasteiger partial charge in [0.15, 0.2) is 17.5 Å². The van der Waals surface area contributed by atoms with E-state index < -0.39 is 5.82 Å². The highest BCUT2D eigenvalue weighted by Crippen LogP contribution is 2.25. The van der Waals surface area contributed by atoms with Gasteiger partial charge < -0.3 is 21.3 Å². The van der Waals surface area contributed by atoms with Gasteiger partial charge in [-0.25, -0.2) is 9.37 Å². The average molecular weight is 420 g/mol. The highest BCUT2D eigenvalue weighted by molar-refractivity contribution is 5.85. The number of rotatable bonds is 4. The molecule has 29 heavy (non-hydrogen) atoms. The van der Waals surface area contributed by atoms with E-state index in [9.17, 15) is 14.4 Å². The van der Waals surface area contributed by atoms with Gasteiger partial charge in [0.1, 0.15) is 6.07 Å². The van der Waals surface area contributed by atoms with Crippen LogP contribution in [0.5, 0.6) is 0 Å². The summed E-state index contributed by atoms with van der Waals surface area (Å²) in [6.07, 6.45) is 3.88. The summed E-state index contributed by atoms with van der Waals surface area (Å²) in [5, 5.41) is 15.4. The second kappa shape index (κ2) is 9.49. The number of amides is 1. The third-order valence-electron chi connectivity index (χ3n) is 4.66. The predicted molar refractivity (Wildman–Crippen MR) is 111 cm³/mol. The van der Waals surface area contributed by atoms with Gasteiger partial charge in [-0.2, -0.15) is 5.26 Å². The number of aryl methyl sites for hydroxylation is 1. The first-order valence-electron chi connectivity index (χ1n) is 8.94. The Morgan fingerprint density at radius 2 is 2.14 bits per heavy atom. The summed E-state index contributed by atoms with van der Waals surface area (Å²) >= 11 is 0. The topological polar surface area (TPSA) is 120 Å². The minimum Gasteiger partial charge on any atom is -0.363 e. The molecule has 1 saturated heterocycles. The summed E-state index contributed by atoms with van der Waals surface area (Å²) in [4.78, 5) is 21.5. The van der Waals surface area contributed by atoms with Crippen LogP contribution in [0, 0.1) is 24.1 Å². The third kappa shape index (κ3) is 5.31. The smallest absolute Gasteiger partial charge is 0.219 e. The lowest BCUT2D eigenvalue weighted by Gasteiger charge is -2.36. The van der Waals surface area contributed by atoms with E-state index in [0.29, 0.717) is 25.2 Å². The molecule has 1 aliphatic heterocycles. The van der Waals surface area contributed by atoms with Gasteiger partial charge in [-0.15, -0.1) is 12.4 Å². The molecule has 3 rings (SSSR count). The van der Waals surface area contributed by atoms with Crippen molar-refractivity contribution in [3.05, 3.63) is 41.5 Å². The van der Waals surface area contributed by atoms with Gasteiger partial charge in [-0.05, 0) is 31.0 Å². The first-order chi connectivity index (χ1) is 13.4. The maximum atomic E-state index is 14.5. The fourth-order valence-electron chi connectivity index (χ4n) is 3.15. The predicted octanol–water partition coefficient (Wildman–Crippen LogP) is 2.32. The van der Waals surface area contributed by atoms with Crippen molar-refractivity contribution < 1.29 is 9.18 Å². The Kier molecular flexibility index (Phi) is 7.31. The largest absolute Gasteiger partial charge is 0.363 e. The lowest BCUT2D eigenvalue weighted by atomic mass is 10.00. The Labute approximate surface area is 174 Å². The van der Waals surface area contributed by atoms with Crippen molar-refractivity contribution in [2.75, 3.05) is 23.7 Å². The molecule has 3 heterocycles. The van der Waals surface area contributed by atoms with E-state index in [1.165, 1.54) is 6.92 Å². The van der Waals surface area contributed by atoms with Crippen molar-refractivity contribution in [3.63, 3.8) is 0 Å². The lowest BCUT2D eigenvalue weighted by molar-refractivity contribution is -0.130. The zero-order valence-corrected chi connectivity index (χ0v) is 17.0. The zero-order chi connectivity index (χ0) is 20.3. The molecular formula is C19H23ClFN7O. The number of nitrogens with zero attached hydrogens (tertiary/aromatic N) is 4. The average Bonchev–Trinajstić information content (AvgIpc) is 2.65. The molecule has 0 aromatic carbocycles. The molecule has 1 fully saturated rings. The first kappa shape index (κ1) is 22.3. The van der Waals surface area contributed by atoms with E-state index in [4.69, 9.17) is 5.73 Å². The Morgan fingerprint density at radius 3 is 2.76 bits per heavy atom. The van der Waals surface area contributed by atoms with Gasteiger partial charge >= 0.3 is 0 Å². The molecule has 1 aliphatic rings. The van der Waals surface area contributed by atoms with E-state index in [-0.39, 0.29) is 47.6 Å². The highest BCUT2D eigenvalue weighted by atomic mass is 35.5. The van der Waals surface area contributed by atoms with E-state index in [1.807, 2.05) is 19.1 Å². The molecule has 154 valence electrons. The molecule has 10 heteroatoms. The Morgan fingerprint density at radius 1 is 1.38 bits per heavy atom. The lowest BCUT2D eigenvalue weighted by Crippen LogP contribution is -2.55. The zero-order valence-electron chi connectivity index (χ0n) is 16.1. The molecule has 2 unspecified atom stereocenters. The molecule has 4 N–H and O–H groups in total. The van der Waals surface area contributed by atoms with E-state index >= 15 is 0 Å². The van der Waals surface area contributed by atoms with Crippen LogP contribution in [0.2, 0.25) is 0 Å². The number of carbonyl (C=O) groups excluding carboxylic acids is 1. The first-order valence-corrected chi connectivity index (χ1v) is 8.94. The third-order valence-corrected chi connectivity index (χ3v) is 4.66. The van der Waals surface area contributed by atoms with Crippen LogP contribution in [0.25, 0.3) is 0 Å². The molecule has 2 aromatic heterocycles. The van der Waals surface area contributed by atoms with Crippen molar-refractivity contribution in [2.24, 2.45) is 5.73 Å². The number of hydrogen-bond donors (Lipinski definition) is 3. The van der Waals surface area contributed by atoms with Crippen molar-refractivity contribution >= 4 is 35.6 Å². The number of carbonyl (C=O) groups is 1. The van der Waals surface area contributed by atoms with Crippen LogP contribution < -0.4 is 16.4 Å². The number of nitriles is 1. The summed E-state index contributed by atoms with van der Waals surface area (Å²) < 4.78 is 14.5. The Bertz CT molecular complexity index is 933. The number of nitrogens with two attached hydrogens (primary N) is 1. The van der Waals surface area contributed by atoms with Gasteiger partial charge in [-0.3, -0.25) is 9.78 Å². The van der Waals surface area contributed by atoms with Crippen LogP contribution in [0.3, 0.4) is 0 Å². The van der Waals surface area contributed by atoms with Crippen LogP contribution in [-0.2, 0) is 4.79 Å². The van der Waals surface area contributed by atoms with Crippen LogP contribution in [0.4, 0.5) is 21.7 Å². The maximum absolute atomic E-state index is 14.5. The molecule has 2 aromatic rings. The monoisotopic (exact) mass is 419 g/mol. The Balaban J connectivity index is 0.00000300. The fraction of sp³-hybridized carbons (Fsp3) is 0.368. The number of piperidine rings is 1. The molecule has 0 bridgehead atoms. The Hall–Kier alpha value is -2.96. The normalized spacial score (nSPS) is 18.4. The number of likely N-dealkylation sites (tertiary alicyclic amines) is 1. The van der Waals surface area contributed by atoms with Crippen molar-refractivity contribution in [2.45, 2.75) is 32.4 Å². The minimum atomic E-state index is -0.634. The number of hydrogen-bond acceptors (Lipinski definition) is 7. The fourth-order valence-corrected chi connectivity index (χ4v) is 3.15. The molecule has 0 aliphatic carbocycles.